The normalized spacial score (nSPS) is 12.4. The maximum atomic E-state index is 8.73. The molecule has 0 saturated carbocycles. The Bertz CT molecular complexity index is 324. The average molecular weight is 250 g/mol. The van der Waals surface area contributed by atoms with Crippen molar-refractivity contribution in [2.75, 3.05) is 32.1 Å². The average Bonchev–Trinajstić information content (AvgIpc) is 2.42. The minimum Gasteiger partial charge on any atom is -0.396 e. The molecule has 1 unspecified atom stereocenters. The largest absolute Gasteiger partial charge is 0.396 e. The van der Waals surface area contributed by atoms with Gasteiger partial charge in [0.15, 0.2) is 0 Å². The smallest absolute Gasteiger partial charge is 0.0431 e. The van der Waals surface area contributed by atoms with Crippen LogP contribution in [0.1, 0.15) is 37.8 Å². The van der Waals surface area contributed by atoms with E-state index in [1.54, 1.807) is 0 Å². The number of hydrogen-bond acceptors (Lipinski definition) is 3. The van der Waals surface area contributed by atoms with Gasteiger partial charge >= 0.3 is 0 Å². The number of aliphatic hydroxyl groups is 1. The van der Waals surface area contributed by atoms with Crippen LogP contribution in [0.3, 0.4) is 0 Å². The lowest BCUT2D eigenvalue weighted by molar-refractivity contribution is 0.283. The van der Waals surface area contributed by atoms with Crippen molar-refractivity contribution in [1.82, 2.24) is 5.32 Å². The van der Waals surface area contributed by atoms with Gasteiger partial charge in [0, 0.05) is 31.9 Å². The second-order valence-corrected chi connectivity index (χ2v) is 4.81. The molecule has 0 amide bonds. The lowest BCUT2D eigenvalue weighted by Gasteiger charge is -2.20. The van der Waals surface area contributed by atoms with Crippen molar-refractivity contribution in [3.63, 3.8) is 0 Å². The molecule has 0 aliphatic rings. The van der Waals surface area contributed by atoms with Crippen LogP contribution in [-0.2, 0) is 0 Å². The molecular formula is C15H26N2O. The Morgan fingerprint density at radius 3 is 2.39 bits per heavy atom. The molecule has 102 valence electrons. The zero-order valence-corrected chi connectivity index (χ0v) is 11.8. The number of unbranched alkanes of at least 4 members (excludes halogenated alkanes) is 2. The number of rotatable bonds is 8. The summed E-state index contributed by atoms with van der Waals surface area (Å²) in [5, 5.41) is 12.0. The van der Waals surface area contributed by atoms with Crippen molar-refractivity contribution in [2.45, 2.75) is 32.2 Å². The Labute approximate surface area is 111 Å². The zero-order chi connectivity index (χ0) is 13.4. The van der Waals surface area contributed by atoms with E-state index in [2.05, 4.69) is 48.5 Å². The molecule has 3 nitrogen and oxygen atoms in total. The third-order valence-corrected chi connectivity index (χ3v) is 3.42. The van der Waals surface area contributed by atoms with Crippen LogP contribution in [0.25, 0.3) is 0 Å². The molecule has 0 aliphatic carbocycles. The van der Waals surface area contributed by atoms with Gasteiger partial charge in [-0.3, -0.25) is 0 Å². The summed E-state index contributed by atoms with van der Waals surface area (Å²) in [7, 11) is 4.10. The van der Waals surface area contributed by atoms with Gasteiger partial charge in [0.1, 0.15) is 0 Å². The summed E-state index contributed by atoms with van der Waals surface area (Å²) in [5.41, 5.74) is 2.57. The number of aliphatic hydroxyl groups excluding tert-OH is 1. The summed E-state index contributed by atoms with van der Waals surface area (Å²) < 4.78 is 0. The minimum absolute atomic E-state index is 0.306. The number of benzene rings is 1. The van der Waals surface area contributed by atoms with Crippen LogP contribution in [0.5, 0.6) is 0 Å². The molecule has 0 radical (unpaired) electrons. The SMILES string of the molecule is CNC(C)c1ccc(N(C)CCCCCO)cc1. The van der Waals surface area contributed by atoms with E-state index >= 15 is 0 Å². The summed E-state index contributed by atoms with van der Waals surface area (Å²) in [6, 6.07) is 9.11. The fraction of sp³-hybridized carbons (Fsp3) is 0.600. The van der Waals surface area contributed by atoms with E-state index in [4.69, 9.17) is 5.11 Å². The maximum absolute atomic E-state index is 8.73. The highest BCUT2D eigenvalue weighted by Crippen LogP contribution is 2.18. The summed E-state index contributed by atoms with van der Waals surface area (Å²) in [5.74, 6) is 0. The predicted octanol–water partition coefficient (Wildman–Crippen LogP) is 2.57. The van der Waals surface area contributed by atoms with Crippen molar-refractivity contribution in [1.29, 1.82) is 0 Å². The van der Waals surface area contributed by atoms with E-state index in [-0.39, 0.29) is 0 Å². The van der Waals surface area contributed by atoms with Crippen molar-refractivity contribution in [3.8, 4) is 0 Å². The quantitative estimate of drug-likeness (QED) is 0.696. The Morgan fingerprint density at radius 1 is 1.17 bits per heavy atom. The molecule has 0 saturated heterocycles. The molecule has 18 heavy (non-hydrogen) atoms. The molecule has 0 spiro atoms. The Kier molecular flexibility index (Phi) is 6.76. The second-order valence-electron chi connectivity index (χ2n) is 4.81. The van der Waals surface area contributed by atoms with Crippen LogP contribution in [0.15, 0.2) is 24.3 Å². The third-order valence-electron chi connectivity index (χ3n) is 3.42. The highest BCUT2D eigenvalue weighted by Gasteiger charge is 2.04. The minimum atomic E-state index is 0.306. The van der Waals surface area contributed by atoms with Gasteiger partial charge in [-0.1, -0.05) is 12.1 Å². The Morgan fingerprint density at radius 2 is 1.83 bits per heavy atom. The van der Waals surface area contributed by atoms with Crippen LogP contribution >= 0.6 is 0 Å². The van der Waals surface area contributed by atoms with Crippen LogP contribution in [0.2, 0.25) is 0 Å². The van der Waals surface area contributed by atoms with E-state index < -0.39 is 0 Å². The monoisotopic (exact) mass is 250 g/mol. The van der Waals surface area contributed by atoms with Gasteiger partial charge in [-0.05, 0) is 50.9 Å². The summed E-state index contributed by atoms with van der Waals surface area (Å²) in [6.45, 7) is 3.51. The molecule has 0 bridgehead atoms. The van der Waals surface area contributed by atoms with Gasteiger partial charge in [0.05, 0.1) is 0 Å². The van der Waals surface area contributed by atoms with Gasteiger partial charge in [0.2, 0.25) is 0 Å². The molecule has 1 atom stereocenters. The van der Waals surface area contributed by atoms with Gasteiger partial charge in [-0.25, -0.2) is 0 Å². The fourth-order valence-corrected chi connectivity index (χ4v) is 1.95. The number of nitrogens with zero attached hydrogens (tertiary/aromatic N) is 1. The van der Waals surface area contributed by atoms with Crippen molar-refractivity contribution in [3.05, 3.63) is 29.8 Å². The lowest BCUT2D eigenvalue weighted by atomic mass is 10.1. The van der Waals surface area contributed by atoms with E-state index in [0.29, 0.717) is 12.6 Å². The van der Waals surface area contributed by atoms with Gasteiger partial charge in [0.25, 0.3) is 0 Å². The molecule has 1 aromatic rings. The molecule has 0 heterocycles. The second kappa shape index (κ2) is 8.11. The predicted molar refractivity (Wildman–Crippen MR) is 78.1 cm³/mol. The van der Waals surface area contributed by atoms with E-state index in [0.717, 1.165) is 25.8 Å². The van der Waals surface area contributed by atoms with Gasteiger partial charge in [-0.15, -0.1) is 0 Å². The maximum Gasteiger partial charge on any atom is 0.0431 e. The van der Waals surface area contributed by atoms with E-state index in [1.165, 1.54) is 11.3 Å². The molecule has 0 aliphatic heterocycles. The zero-order valence-electron chi connectivity index (χ0n) is 11.8. The molecule has 0 aromatic heterocycles. The number of anilines is 1. The molecule has 2 N–H and O–H groups in total. The summed E-state index contributed by atoms with van der Waals surface area (Å²) in [4.78, 5) is 2.27. The van der Waals surface area contributed by atoms with Crippen LogP contribution in [0.4, 0.5) is 5.69 Å². The highest BCUT2D eigenvalue weighted by molar-refractivity contribution is 5.47. The van der Waals surface area contributed by atoms with Crippen molar-refractivity contribution < 1.29 is 5.11 Å². The molecule has 1 aromatic carbocycles. The highest BCUT2D eigenvalue weighted by atomic mass is 16.2. The molecular weight excluding hydrogens is 224 g/mol. The van der Waals surface area contributed by atoms with Crippen LogP contribution in [-0.4, -0.2) is 32.4 Å². The summed E-state index contributed by atoms with van der Waals surface area (Å²) in [6.07, 6.45) is 3.13. The van der Waals surface area contributed by atoms with Gasteiger partial charge < -0.3 is 15.3 Å². The first-order valence-electron chi connectivity index (χ1n) is 6.78. The fourth-order valence-electron chi connectivity index (χ4n) is 1.95. The lowest BCUT2D eigenvalue weighted by Crippen LogP contribution is -2.18. The van der Waals surface area contributed by atoms with E-state index in [1.807, 2.05) is 7.05 Å². The first kappa shape index (κ1) is 15.0. The van der Waals surface area contributed by atoms with Crippen LogP contribution in [0, 0.1) is 0 Å². The summed E-state index contributed by atoms with van der Waals surface area (Å²) >= 11 is 0. The standard InChI is InChI=1S/C15H26N2O/c1-13(16-2)14-7-9-15(10-8-14)17(3)11-5-4-6-12-18/h7-10,13,16,18H,4-6,11-12H2,1-3H3. The third kappa shape index (κ3) is 4.67. The molecule has 1 rings (SSSR count). The molecule has 3 heteroatoms. The first-order valence-corrected chi connectivity index (χ1v) is 6.78. The number of hydrogen-bond donors (Lipinski definition) is 2. The number of nitrogens with one attached hydrogen (secondary N) is 1. The van der Waals surface area contributed by atoms with E-state index in [9.17, 15) is 0 Å². The van der Waals surface area contributed by atoms with Gasteiger partial charge in [-0.2, -0.15) is 0 Å². The molecule has 0 fully saturated rings. The Balaban J connectivity index is 2.46. The van der Waals surface area contributed by atoms with Crippen LogP contribution < -0.4 is 10.2 Å². The van der Waals surface area contributed by atoms with Crippen molar-refractivity contribution >= 4 is 5.69 Å². The topological polar surface area (TPSA) is 35.5 Å². The van der Waals surface area contributed by atoms with Crippen molar-refractivity contribution in [2.24, 2.45) is 0 Å². The first-order chi connectivity index (χ1) is 8.69. The Hall–Kier alpha value is -1.06.